The fourth-order valence-corrected chi connectivity index (χ4v) is 3.38. The van der Waals surface area contributed by atoms with Gasteiger partial charge in [-0.2, -0.15) is 0 Å². The van der Waals surface area contributed by atoms with E-state index < -0.39 is 0 Å². The number of likely N-dealkylation sites (tertiary alicyclic amines) is 1. The first-order valence-corrected chi connectivity index (χ1v) is 9.11. The van der Waals surface area contributed by atoms with E-state index >= 15 is 0 Å². The SMILES string of the molecule is O=C1CCCN1CCOc1ccccc1CCCN1CCOCC1. The summed E-state index contributed by atoms with van der Waals surface area (Å²) in [6.45, 7) is 7.06. The summed E-state index contributed by atoms with van der Waals surface area (Å²) in [6.07, 6.45) is 3.83. The van der Waals surface area contributed by atoms with Crippen LogP contribution >= 0.6 is 0 Å². The van der Waals surface area contributed by atoms with E-state index in [0.29, 0.717) is 19.6 Å². The van der Waals surface area contributed by atoms with Gasteiger partial charge in [0.05, 0.1) is 19.8 Å². The van der Waals surface area contributed by atoms with Gasteiger partial charge in [-0.25, -0.2) is 0 Å². The van der Waals surface area contributed by atoms with Gasteiger partial charge in [0, 0.05) is 26.1 Å². The van der Waals surface area contributed by atoms with Crippen LogP contribution in [0.5, 0.6) is 5.75 Å². The normalized spacial score (nSPS) is 19.0. The summed E-state index contributed by atoms with van der Waals surface area (Å²) in [4.78, 5) is 16.0. The van der Waals surface area contributed by atoms with Gasteiger partial charge in [0.15, 0.2) is 0 Å². The highest BCUT2D eigenvalue weighted by atomic mass is 16.5. The van der Waals surface area contributed by atoms with Crippen molar-refractivity contribution in [2.45, 2.75) is 25.7 Å². The molecule has 1 amide bonds. The third kappa shape index (κ3) is 4.95. The molecule has 0 N–H and O–H groups in total. The molecular weight excluding hydrogens is 304 g/mol. The highest BCUT2D eigenvalue weighted by Crippen LogP contribution is 2.20. The summed E-state index contributed by atoms with van der Waals surface area (Å²) in [6, 6.07) is 8.27. The fourth-order valence-electron chi connectivity index (χ4n) is 3.38. The summed E-state index contributed by atoms with van der Waals surface area (Å²) in [5.74, 6) is 1.23. The van der Waals surface area contributed by atoms with Crippen LogP contribution in [0.3, 0.4) is 0 Å². The Bertz CT molecular complexity index is 529. The van der Waals surface area contributed by atoms with E-state index in [1.165, 1.54) is 5.56 Å². The number of hydrogen-bond acceptors (Lipinski definition) is 4. The Morgan fingerprint density at radius 3 is 2.71 bits per heavy atom. The first-order chi connectivity index (χ1) is 11.8. The molecular formula is C19H28N2O3. The van der Waals surface area contributed by atoms with Gasteiger partial charge in [0.25, 0.3) is 0 Å². The molecule has 2 heterocycles. The molecule has 1 aromatic rings. The number of aryl methyl sites for hydroxylation is 1. The van der Waals surface area contributed by atoms with Crippen LogP contribution in [0, 0.1) is 0 Å². The van der Waals surface area contributed by atoms with Crippen LogP contribution in [-0.2, 0) is 16.0 Å². The Morgan fingerprint density at radius 2 is 1.92 bits per heavy atom. The van der Waals surface area contributed by atoms with Crippen LogP contribution in [0.15, 0.2) is 24.3 Å². The zero-order valence-electron chi connectivity index (χ0n) is 14.4. The van der Waals surface area contributed by atoms with Crippen molar-refractivity contribution in [2.75, 3.05) is 52.5 Å². The Labute approximate surface area is 144 Å². The second-order valence-electron chi connectivity index (χ2n) is 6.50. The summed E-state index contributed by atoms with van der Waals surface area (Å²) < 4.78 is 11.4. The number of benzene rings is 1. The molecule has 0 unspecified atom stereocenters. The van der Waals surface area contributed by atoms with Gasteiger partial charge in [0.1, 0.15) is 12.4 Å². The van der Waals surface area contributed by atoms with Crippen molar-refractivity contribution in [2.24, 2.45) is 0 Å². The Balaban J connectivity index is 1.42. The lowest BCUT2D eigenvalue weighted by Crippen LogP contribution is -2.36. The third-order valence-electron chi connectivity index (χ3n) is 4.79. The molecule has 5 heteroatoms. The molecule has 5 nitrogen and oxygen atoms in total. The quantitative estimate of drug-likeness (QED) is 0.730. The molecule has 2 aliphatic rings. The fraction of sp³-hybridized carbons (Fsp3) is 0.632. The van der Waals surface area contributed by atoms with Crippen LogP contribution in [0.2, 0.25) is 0 Å². The zero-order chi connectivity index (χ0) is 16.6. The molecule has 0 aliphatic carbocycles. The smallest absolute Gasteiger partial charge is 0.222 e. The van der Waals surface area contributed by atoms with Gasteiger partial charge in [-0.1, -0.05) is 18.2 Å². The van der Waals surface area contributed by atoms with E-state index in [4.69, 9.17) is 9.47 Å². The number of carbonyl (C=O) groups is 1. The van der Waals surface area contributed by atoms with Crippen LogP contribution < -0.4 is 4.74 Å². The number of carbonyl (C=O) groups excluding carboxylic acids is 1. The number of nitrogens with zero attached hydrogens (tertiary/aromatic N) is 2. The summed E-state index contributed by atoms with van der Waals surface area (Å²) in [5, 5.41) is 0. The van der Waals surface area contributed by atoms with Crippen molar-refractivity contribution in [1.82, 2.24) is 9.80 Å². The number of rotatable bonds is 8. The molecule has 1 aromatic carbocycles. The molecule has 0 spiro atoms. The molecule has 24 heavy (non-hydrogen) atoms. The van der Waals surface area contributed by atoms with Crippen LogP contribution in [0.25, 0.3) is 0 Å². The minimum absolute atomic E-state index is 0.261. The molecule has 2 aliphatic heterocycles. The monoisotopic (exact) mass is 332 g/mol. The van der Waals surface area contributed by atoms with Gasteiger partial charge in [-0.15, -0.1) is 0 Å². The molecule has 0 aromatic heterocycles. The third-order valence-corrected chi connectivity index (χ3v) is 4.79. The summed E-state index contributed by atoms with van der Waals surface area (Å²) >= 11 is 0. The maximum Gasteiger partial charge on any atom is 0.222 e. The summed E-state index contributed by atoms with van der Waals surface area (Å²) in [5.41, 5.74) is 1.26. The summed E-state index contributed by atoms with van der Waals surface area (Å²) in [7, 11) is 0. The van der Waals surface area contributed by atoms with Crippen LogP contribution in [0.1, 0.15) is 24.8 Å². The number of hydrogen-bond donors (Lipinski definition) is 0. The number of amides is 1. The van der Waals surface area contributed by atoms with Gasteiger partial charge < -0.3 is 14.4 Å². The lowest BCUT2D eigenvalue weighted by molar-refractivity contribution is -0.128. The Morgan fingerprint density at radius 1 is 1.08 bits per heavy atom. The number of para-hydroxylation sites is 1. The van der Waals surface area contributed by atoms with Crippen LogP contribution in [0.4, 0.5) is 0 Å². The maximum absolute atomic E-state index is 11.6. The lowest BCUT2D eigenvalue weighted by atomic mass is 10.1. The minimum Gasteiger partial charge on any atom is -0.491 e. The highest BCUT2D eigenvalue weighted by Gasteiger charge is 2.19. The molecule has 2 fully saturated rings. The average molecular weight is 332 g/mol. The van der Waals surface area contributed by atoms with Crippen molar-refractivity contribution in [3.63, 3.8) is 0 Å². The maximum atomic E-state index is 11.6. The van der Waals surface area contributed by atoms with Gasteiger partial charge >= 0.3 is 0 Å². The zero-order valence-corrected chi connectivity index (χ0v) is 14.4. The Kier molecular flexibility index (Phi) is 6.49. The van der Waals surface area contributed by atoms with E-state index in [2.05, 4.69) is 17.0 Å². The van der Waals surface area contributed by atoms with E-state index in [1.54, 1.807) is 0 Å². The van der Waals surface area contributed by atoms with E-state index in [0.717, 1.165) is 64.4 Å². The minimum atomic E-state index is 0.261. The first-order valence-electron chi connectivity index (χ1n) is 9.11. The Hall–Kier alpha value is -1.59. The molecule has 0 saturated carbocycles. The van der Waals surface area contributed by atoms with Gasteiger partial charge in [-0.3, -0.25) is 9.69 Å². The second kappa shape index (κ2) is 9.04. The standard InChI is InChI=1S/C19H28N2O3/c22-19-8-4-10-21(19)13-16-24-18-7-2-1-5-17(18)6-3-9-20-11-14-23-15-12-20/h1-2,5,7H,3-4,6,8-16H2. The molecule has 0 atom stereocenters. The van der Waals surface area contributed by atoms with E-state index in [1.807, 2.05) is 17.0 Å². The average Bonchev–Trinajstić information content (AvgIpc) is 3.02. The van der Waals surface area contributed by atoms with Crippen molar-refractivity contribution in [1.29, 1.82) is 0 Å². The van der Waals surface area contributed by atoms with E-state index in [9.17, 15) is 4.79 Å². The van der Waals surface area contributed by atoms with E-state index in [-0.39, 0.29) is 5.91 Å². The van der Waals surface area contributed by atoms with Crippen molar-refractivity contribution in [3.05, 3.63) is 29.8 Å². The number of ether oxygens (including phenoxy) is 2. The van der Waals surface area contributed by atoms with Gasteiger partial charge in [0.2, 0.25) is 5.91 Å². The lowest BCUT2D eigenvalue weighted by Gasteiger charge is -2.26. The predicted molar refractivity (Wildman–Crippen MR) is 93.3 cm³/mol. The largest absolute Gasteiger partial charge is 0.491 e. The van der Waals surface area contributed by atoms with Gasteiger partial charge in [-0.05, 0) is 37.4 Å². The van der Waals surface area contributed by atoms with Crippen molar-refractivity contribution < 1.29 is 14.3 Å². The molecule has 3 rings (SSSR count). The molecule has 2 saturated heterocycles. The topological polar surface area (TPSA) is 42.0 Å². The highest BCUT2D eigenvalue weighted by molar-refractivity contribution is 5.78. The second-order valence-corrected chi connectivity index (χ2v) is 6.50. The van der Waals surface area contributed by atoms with Crippen molar-refractivity contribution >= 4 is 5.91 Å². The first kappa shape index (κ1) is 17.2. The van der Waals surface area contributed by atoms with Crippen LogP contribution in [-0.4, -0.2) is 68.3 Å². The molecule has 0 bridgehead atoms. The predicted octanol–water partition coefficient (Wildman–Crippen LogP) is 1.95. The molecule has 0 radical (unpaired) electrons. The molecule has 132 valence electrons. The van der Waals surface area contributed by atoms with Crippen molar-refractivity contribution in [3.8, 4) is 5.75 Å². The number of morpholine rings is 1.